The number of nitrogens with one attached hydrogen (secondary N) is 1. The van der Waals surface area contributed by atoms with Crippen molar-refractivity contribution in [1.82, 2.24) is 10.2 Å². The molecule has 0 spiro atoms. The van der Waals surface area contributed by atoms with Gasteiger partial charge >= 0.3 is 0 Å². The lowest BCUT2D eigenvalue weighted by molar-refractivity contribution is 0.302. The average Bonchev–Trinajstić information content (AvgIpc) is 2.20. The lowest BCUT2D eigenvalue weighted by Gasteiger charge is -2.34. The average molecular weight is 260 g/mol. The zero-order chi connectivity index (χ0) is 14.8. The fraction of sp³-hybridized carbons (Fsp3) is 0.667. The molecule has 0 bridgehead atoms. The Labute approximate surface area is 116 Å². The summed E-state index contributed by atoms with van der Waals surface area (Å²) in [6.07, 6.45) is 0.972. The van der Waals surface area contributed by atoms with Gasteiger partial charge in [-0.25, -0.2) is 0 Å². The highest BCUT2D eigenvalue weighted by molar-refractivity contribution is 5.56. The van der Waals surface area contributed by atoms with E-state index in [0.29, 0.717) is 11.4 Å². The van der Waals surface area contributed by atoms with Crippen LogP contribution in [-0.4, -0.2) is 15.7 Å². The van der Waals surface area contributed by atoms with Gasteiger partial charge in [-0.3, -0.25) is 0 Å². The van der Waals surface area contributed by atoms with Crippen molar-refractivity contribution in [2.24, 2.45) is 5.41 Å². The van der Waals surface area contributed by atoms with Crippen molar-refractivity contribution < 1.29 is 0 Å². The summed E-state index contributed by atoms with van der Waals surface area (Å²) < 4.78 is 0. The Morgan fingerprint density at radius 3 is 2.16 bits per heavy atom. The predicted molar refractivity (Wildman–Crippen MR) is 78.0 cm³/mol. The Hall–Kier alpha value is -1.63. The van der Waals surface area contributed by atoms with E-state index in [1.165, 1.54) is 0 Å². The van der Waals surface area contributed by atoms with Crippen LogP contribution in [0.15, 0.2) is 0 Å². The first-order chi connectivity index (χ1) is 8.56. The number of nitrogens with zero attached hydrogens (tertiary/aromatic N) is 3. The minimum absolute atomic E-state index is 0.139. The molecule has 1 aromatic heterocycles. The summed E-state index contributed by atoms with van der Waals surface area (Å²) in [5.74, 6) is 0.583. The van der Waals surface area contributed by atoms with Crippen molar-refractivity contribution >= 4 is 5.82 Å². The number of nitriles is 1. The second-order valence-corrected chi connectivity index (χ2v) is 6.99. The molecule has 0 aliphatic carbocycles. The van der Waals surface area contributed by atoms with Crippen LogP contribution in [0, 0.1) is 30.6 Å². The molecule has 19 heavy (non-hydrogen) atoms. The first-order valence-electron chi connectivity index (χ1n) is 6.58. The molecule has 1 N–H and O–H groups in total. The fourth-order valence-electron chi connectivity index (χ4n) is 2.52. The maximum Gasteiger partial charge on any atom is 0.167 e. The van der Waals surface area contributed by atoms with Crippen LogP contribution in [0.2, 0.25) is 0 Å². The Balaban J connectivity index is 3.07. The van der Waals surface area contributed by atoms with Crippen LogP contribution in [0.25, 0.3) is 0 Å². The van der Waals surface area contributed by atoms with E-state index in [2.05, 4.69) is 56.2 Å². The largest absolute Gasteiger partial charge is 0.363 e. The molecule has 0 radical (unpaired) electrons. The van der Waals surface area contributed by atoms with Gasteiger partial charge in [0.2, 0.25) is 0 Å². The highest BCUT2D eigenvalue weighted by atomic mass is 15.2. The normalized spacial score (nSPS) is 12.1. The molecular formula is C15H24N4. The van der Waals surface area contributed by atoms with E-state index in [4.69, 9.17) is 0 Å². The smallest absolute Gasteiger partial charge is 0.167 e. The molecule has 4 heteroatoms. The maximum absolute atomic E-state index is 9.30. The van der Waals surface area contributed by atoms with Crippen molar-refractivity contribution in [3.63, 3.8) is 0 Å². The molecule has 0 unspecified atom stereocenters. The molecule has 0 aliphatic heterocycles. The van der Waals surface area contributed by atoms with Gasteiger partial charge < -0.3 is 5.32 Å². The van der Waals surface area contributed by atoms with Crippen LogP contribution in [0.3, 0.4) is 0 Å². The first-order valence-corrected chi connectivity index (χ1v) is 6.58. The minimum atomic E-state index is -0.139. The van der Waals surface area contributed by atoms with Gasteiger partial charge in [-0.1, -0.05) is 20.8 Å². The third-order valence-corrected chi connectivity index (χ3v) is 3.00. The van der Waals surface area contributed by atoms with Crippen LogP contribution in [0.5, 0.6) is 0 Å². The summed E-state index contributed by atoms with van der Waals surface area (Å²) in [7, 11) is 0. The first kappa shape index (κ1) is 15.4. The number of hydrogen-bond donors (Lipinski definition) is 1. The van der Waals surface area contributed by atoms with Crippen LogP contribution in [-0.2, 0) is 0 Å². The van der Waals surface area contributed by atoms with Gasteiger partial charge in [-0.15, -0.1) is 5.10 Å². The quantitative estimate of drug-likeness (QED) is 0.902. The summed E-state index contributed by atoms with van der Waals surface area (Å²) in [5, 5.41) is 20.9. The number of aromatic nitrogens is 2. The number of rotatable bonds is 3. The molecule has 0 fully saturated rings. The van der Waals surface area contributed by atoms with Gasteiger partial charge in [0.15, 0.2) is 5.82 Å². The fourth-order valence-corrected chi connectivity index (χ4v) is 2.52. The minimum Gasteiger partial charge on any atom is -0.363 e. The van der Waals surface area contributed by atoms with Crippen LogP contribution >= 0.6 is 0 Å². The molecule has 0 amide bonds. The number of anilines is 1. The van der Waals surface area contributed by atoms with Gasteiger partial charge in [0.05, 0.1) is 5.69 Å². The second kappa shape index (κ2) is 5.16. The Morgan fingerprint density at radius 2 is 1.68 bits per heavy atom. The highest BCUT2D eigenvalue weighted by Gasteiger charge is 2.27. The molecule has 0 atom stereocenters. The molecular weight excluding hydrogens is 236 g/mol. The maximum atomic E-state index is 9.30. The van der Waals surface area contributed by atoms with Crippen molar-refractivity contribution in [3.8, 4) is 6.07 Å². The van der Waals surface area contributed by atoms with E-state index >= 15 is 0 Å². The van der Waals surface area contributed by atoms with E-state index in [0.717, 1.165) is 17.7 Å². The molecule has 0 aromatic carbocycles. The monoisotopic (exact) mass is 260 g/mol. The van der Waals surface area contributed by atoms with E-state index in [1.807, 2.05) is 13.8 Å². The Bertz CT molecular complexity index is 504. The third-order valence-electron chi connectivity index (χ3n) is 3.00. The second-order valence-electron chi connectivity index (χ2n) is 6.99. The summed E-state index contributed by atoms with van der Waals surface area (Å²) in [6.45, 7) is 14.6. The molecule has 1 rings (SSSR count). The van der Waals surface area contributed by atoms with Crippen molar-refractivity contribution in [1.29, 1.82) is 5.26 Å². The predicted octanol–water partition coefficient (Wildman–Crippen LogP) is 3.59. The summed E-state index contributed by atoms with van der Waals surface area (Å²) in [5.41, 5.74) is 2.35. The highest BCUT2D eigenvalue weighted by Crippen LogP contribution is 2.30. The number of hydrogen-bond acceptors (Lipinski definition) is 4. The summed E-state index contributed by atoms with van der Waals surface area (Å²) in [4.78, 5) is 0. The lowest BCUT2D eigenvalue weighted by atomic mass is 9.81. The van der Waals surface area contributed by atoms with E-state index in [9.17, 15) is 5.26 Å². The molecule has 0 saturated heterocycles. The van der Waals surface area contributed by atoms with Crippen molar-refractivity contribution in [2.45, 2.75) is 60.4 Å². The van der Waals surface area contributed by atoms with Gasteiger partial charge in [0, 0.05) is 5.54 Å². The molecule has 1 heterocycles. The Morgan fingerprint density at radius 1 is 1.11 bits per heavy atom. The zero-order valence-corrected chi connectivity index (χ0v) is 13.0. The van der Waals surface area contributed by atoms with Gasteiger partial charge in [0.25, 0.3) is 0 Å². The molecule has 104 valence electrons. The third kappa shape index (κ3) is 4.20. The molecule has 4 nitrogen and oxygen atoms in total. The zero-order valence-electron chi connectivity index (χ0n) is 13.0. The lowest BCUT2D eigenvalue weighted by Crippen LogP contribution is -2.36. The van der Waals surface area contributed by atoms with E-state index in [1.54, 1.807) is 0 Å². The molecule has 0 saturated carbocycles. The van der Waals surface area contributed by atoms with E-state index < -0.39 is 0 Å². The molecule has 0 aliphatic rings. The van der Waals surface area contributed by atoms with Crippen molar-refractivity contribution in [3.05, 3.63) is 16.8 Å². The summed E-state index contributed by atoms with van der Waals surface area (Å²) in [6, 6.07) is 2.23. The van der Waals surface area contributed by atoms with Crippen LogP contribution in [0.1, 0.15) is 57.9 Å². The number of aryl methyl sites for hydroxylation is 1. The summed E-state index contributed by atoms with van der Waals surface area (Å²) >= 11 is 0. The van der Waals surface area contributed by atoms with Gasteiger partial charge in [-0.2, -0.15) is 10.4 Å². The van der Waals surface area contributed by atoms with Crippen molar-refractivity contribution in [2.75, 3.05) is 5.32 Å². The topological polar surface area (TPSA) is 61.6 Å². The van der Waals surface area contributed by atoms with Crippen LogP contribution < -0.4 is 5.32 Å². The molecule has 1 aromatic rings. The van der Waals surface area contributed by atoms with E-state index in [-0.39, 0.29) is 11.0 Å². The van der Waals surface area contributed by atoms with Crippen LogP contribution in [0.4, 0.5) is 5.82 Å². The van der Waals surface area contributed by atoms with Gasteiger partial charge in [-0.05, 0) is 45.1 Å². The van der Waals surface area contributed by atoms with Gasteiger partial charge in [0.1, 0.15) is 11.6 Å². The standard InChI is InChI=1S/C15H24N4/c1-10-11(2)18-19-13(12(10)8-16)17-15(6,7)9-14(3,4)5/h9H2,1-7H3,(H,17,19). The Kier molecular flexibility index (Phi) is 4.19. The SMILES string of the molecule is Cc1nnc(NC(C)(C)CC(C)(C)C)c(C#N)c1C.